The van der Waals surface area contributed by atoms with E-state index in [0.717, 1.165) is 15.9 Å². The largest absolute Gasteiger partial charge is 2.00 e. The molecule has 18 heteroatoms. The molecule has 1 heterocycles. The van der Waals surface area contributed by atoms with Crippen LogP contribution in [0.4, 0.5) is 22.7 Å². The fraction of sp³-hybridized carbons (Fsp3) is 0.0833. The van der Waals surface area contributed by atoms with Gasteiger partial charge in [-0.15, -0.1) is 15.9 Å². The Morgan fingerprint density at radius 3 is 2.31 bits per heavy atom. The number of sulfonamides is 1. The zero-order valence-electron chi connectivity index (χ0n) is 21.7. The summed E-state index contributed by atoms with van der Waals surface area (Å²) in [4.78, 5) is 23.2. The third-order valence-electron chi connectivity index (χ3n) is 4.98. The summed E-state index contributed by atoms with van der Waals surface area (Å²) in [5.74, 6) is -0.603. The molecule has 4 N–H and O–H groups in total. The molecule has 10 nitrogen and oxygen atoms in total. The molecule has 0 saturated carbocycles. The second kappa shape index (κ2) is 16.6. The fourth-order valence-corrected chi connectivity index (χ4v) is 5.34. The summed E-state index contributed by atoms with van der Waals surface area (Å²) in [6.45, 7) is 0. The average molecular weight is 756 g/mol. The number of fused-ring (bicyclic) bond motifs is 1. The molecule has 1 aromatic heterocycles. The van der Waals surface area contributed by atoms with Crippen LogP contribution in [0.3, 0.4) is 0 Å². The van der Waals surface area contributed by atoms with Crippen molar-refractivity contribution in [2.75, 3.05) is 17.1 Å². The van der Waals surface area contributed by atoms with Gasteiger partial charge in [-0.2, -0.15) is 0 Å². The Balaban J connectivity index is 0.000000687. The van der Waals surface area contributed by atoms with E-state index in [1.807, 2.05) is 18.2 Å². The molecule has 0 unspecified atom stereocenters. The molecule has 0 bridgehead atoms. The minimum atomic E-state index is -3.83. The number of carbonyl (C=O) groups excluding carboxylic acids is 2. The van der Waals surface area contributed by atoms with Gasteiger partial charge in [-0.05, 0) is 84.6 Å². The van der Waals surface area contributed by atoms with Crippen LogP contribution < -0.4 is 15.2 Å². The van der Waals surface area contributed by atoms with Gasteiger partial charge in [-0.1, -0.05) is 28.3 Å². The summed E-state index contributed by atoms with van der Waals surface area (Å²) in [5, 5.41) is 9.77. The molecule has 0 radical (unpaired) electrons. The summed E-state index contributed by atoms with van der Waals surface area (Å²) >= 11 is 24.4. The number of aromatic nitrogens is 1. The number of hydrogen-bond donors (Lipinski definition) is 5. The predicted octanol–water partition coefficient (Wildman–Crippen LogP) is 4.08. The topological polar surface area (TPSA) is 137 Å². The van der Waals surface area contributed by atoms with Crippen molar-refractivity contribution in [3.8, 4) is 0 Å². The molecule has 0 spiro atoms. The number of carbonyl (C=O) groups is 2. The zero-order valence-corrected chi connectivity index (χ0v) is 30.5. The van der Waals surface area contributed by atoms with Crippen molar-refractivity contribution in [1.29, 1.82) is 0 Å². The van der Waals surface area contributed by atoms with Crippen molar-refractivity contribution < 1.29 is 47.2 Å². The molecule has 0 saturated heterocycles. The van der Waals surface area contributed by atoms with Crippen LogP contribution in [0.15, 0.2) is 76.7 Å². The second-order valence-electron chi connectivity index (χ2n) is 7.96. The van der Waals surface area contributed by atoms with Gasteiger partial charge in [0.05, 0.1) is 27.7 Å². The van der Waals surface area contributed by atoms with Crippen molar-refractivity contribution in [2.45, 2.75) is 9.73 Å². The van der Waals surface area contributed by atoms with Gasteiger partial charge in [0.25, 0.3) is 15.9 Å². The Hall–Kier alpha value is -2.17. The van der Waals surface area contributed by atoms with Crippen LogP contribution in [0.5, 0.6) is 0 Å². The number of benzene rings is 3. The molecule has 42 heavy (non-hydrogen) atoms. The predicted molar refractivity (Wildman–Crippen MR) is 174 cm³/mol. The van der Waals surface area contributed by atoms with Gasteiger partial charge in [-0.25, -0.2) is 13.2 Å². The SMILES string of the molecule is C[N+](C=O)=C(S)[SH2+].O=C(Nc1ccc(S(=O)(=O)Nc2ccc([NH+]=Nc3ccc4[nH]c(=S)sc4c3)cc2)cc1)C(Cl)Cl.[Zn+2]. The molecular weight excluding hydrogens is 733 g/mol. The summed E-state index contributed by atoms with van der Waals surface area (Å²) in [5.41, 5.74) is 3.12. The van der Waals surface area contributed by atoms with Gasteiger partial charge in [-0.3, -0.25) is 9.52 Å². The number of nitrogens with one attached hydrogen (secondary N) is 4. The van der Waals surface area contributed by atoms with Crippen LogP contribution in [0, 0.1) is 3.95 Å². The Morgan fingerprint density at radius 2 is 1.76 bits per heavy atom. The monoisotopic (exact) mass is 753 g/mol. The number of thiazole rings is 1. The molecule has 2 amide bonds. The zero-order chi connectivity index (χ0) is 30.2. The van der Waals surface area contributed by atoms with E-state index in [-0.39, 0.29) is 24.4 Å². The third kappa shape index (κ3) is 10.8. The molecule has 214 valence electrons. The molecular formula is C24H23Cl2N6O4S5Zn+5. The van der Waals surface area contributed by atoms with Crippen molar-refractivity contribution in [3.63, 3.8) is 0 Å². The van der Waals surface area contributed by atoms with E-state index in [1.54, 1.807) is 31.3 Å². The number of rotatable bonds is 8. The number of nitrogens with zero attached hydrogens (tertiary/aromatic N) is 2. The van der Waals surface area contributed by atoms with E-state index in [0.29, 0.717) is 31.8 Å². The maximum Gasteiger partial charge on any atom is 2.00 e. The van der Waals surface area contributed by atoms with Gasteiger partial charge in [0.15, 0.2) is 8.79 Å². The van der Waals surface area contributed by atoms with Crippen LogP contribution in [0.2, 0.25) is 0 Å². The fourth-order valence-electron chi connectivity index (χ4n) is 2.92. The summed E-state index contributed by atoms with van der Waals surface area (Å²) in [6.07, 6.45) is 0.662. The Labute approximate surface area is 284 Å². The number of thiol groups is 1. The maximum absolute atomic E-state index is 12.7. The minimum absolute atomic E-state index is 0. The average Bonchev–Trinajstić information content (AvgIpc) is 3.31. The van der Waals surface area contributed by atoms with Crippen LogP contribution >= 0.6 is 59.4 Å². The number of alkyl halides is 2. The van der Waals surface area contributed by atoms with Gasteiger partial charge < -0.3 is 10.3 Å². The maximum atomic E-state index is 12.7. The first-order valence-electron chi connectivity index (χ1n) is 11.2. The molecule has 4 rings (SSSR count). The van der Waals surface area contributed by atoms with Gasteiger partial charge in [0.2, 0.25) is 5.69 Å². The Kier molecular flexibility index (Phi) is 14.3. The van der Waals surface area contributed by atoms with E-state index in [9.17, 15) is 18.0 Å². The van der Waals surface area contributed by atoms with Crippen molar-refractivity contribution >= 4 is 132 Å². The summed E-state index contributed by atoms with van der Waals surface area (Å²) < 4.78 is 31.4. The summed E-state index contributed by atoms with van der Waals surface area (Å²) in [7, 11) is -2.23. The number of hydrogen-bond acceptors (Lipinski definition) is 7. The van der Waals surface area contributed by atoms with Crippen LogP contribution in [0.1, 0.15) is 0 Å². The van der Waals surface area contributed by atoms with Crippen LogP contribution in [0.25, 0.3) is 10.2 Å². The molecule has 0 aliphatic rings. The number of azo groups is 1. The quantitative estimate of drug-likeness (QED) is 0.0177. The standard InChI is InChI=1S/C21H15Cl2N5O3S3.C3H5NOS2.Zn/c22-19(23)20(29)24-12-5-8-16(9-6-12)34(30,31)28-14-3-1-13(2-4-14)26-27-15-7-10-17-18(11-15)33-21(32)25-17;1-4(2-5)3(6)7;/h1-11,19,28H,(H,24,29)(H,25,32);2H,1H3,(H,6,7);/q;;+2/p+3. The molecule has 0 atom stereocenters. The van der Waals surface area contributed by atoms with Crippen LogP contribution in [-0.4, -0.2) is 46.6 Å². The second-order valence-corrected chi connectivity index (χ2v) is 13.8. The first-order valence-corrected chi connectivity index (χ1v) is 15.8. The first-order chi connectivity index (χ1) is 19.4. The van der Waals surface area contributed by atoms with E-state index >= 15 is 0 Å². The minimum Gasteiger partial charge on any atom is -0.337 e. The Bertz CT molecular complexity index is 1770. The van der Waals surface area contributed by atoms with E-state index in [4.69, 9.17) is 35.4 Å². The molecule has 4 aromatic rings. The Morgan fingerprint density at radius 1 is 1.14 bits per heavy atom. The molecule has 0 aliphatic carbocycles. The number of anilines is 2. The number of amides is 2. The van der Waals surface area contributed by atoms with Gasteiger partial charge in [0, 0.05) is 23.5 Å². The molecule has 3 aromatic carbocycles. The van der Waals surface area contributed by atoms with Crippen molar-refractivity contribution in [2.24, 2.45) is 5.11 Å². The van der Waals surface area contributed by atoms with Crippen molar-refractivity contribution in [3.05, 3.63) is 70.7 Å². The normalized spacial score (nSPS) is 11.8. The first kappa shape index (κ1) is 36.0. The molecule has 0 fully saturated rings. The van der Waals surface area contributed by atoms with E-state index in [2.05, 4.69) is 50.5 Å². The number of H-pyrrole nitrogens is 1. The van der Waals surface area contributed by atoms with Gasteiger partial charge >= 0.3 is 30.3 Å². The molecule has 0 aliphatic heterocycles. The van der Waals surface area contributed by atoms with E-state index in [1.165, 1.54) is 40.2 Å². The van der Waals surface area contributed by atoms with E-state index < -0.39 is 20.8 Å². The third-order valence-corrected chi connectivity index (χ3v) is 8.64. The van der Waals surface area contributed by atoms with Gasteiger partial charge in [0.1, 0.15) is 12.7 Å². The number of aromatic amines is 1. The van der Waals surface area contributed by atoms with Crippen LogP contribution in [-0.2, 0) is 51.7 Å². The number of halogens is 2. The summed E-state index contributed by atoms with van der Waals surface area (Å²) in [6, 6.07) is 17.9. The smallest absolute Gasteiger partial charge is 0.337 e. The van der Waals surface area contributed by atoms with Crippen molar-refractivity contribution in [1.82, 2.24) is 4.98 Å².